The lowest BCUT2D eigenvalue weighted by atomic mass is 9.94. The second-order valence-corrected chi connectivity index (χ2v) is 7.16. The molecule has 0 aliphatic carbocycles. The number of piperidine rings is 1. The standard InChI is InChI=1S/C20H24FN5O/c1-3-26-13-17(15(2)23-26)12-25-11-7-10-20(21,14-25)19-22-18(24-27-19)16-8-5-4-6-9-16/h4-6,8-9,13H,3,7,10-12,14H2,1-2H3. The van der Waals surface area contributed by atoms with E-state index in [9.17, 15) is 0 Å². The van der Waals surface area contributed by atoms with Gasteiger partial charge in [-0.15, -0.1) is 0 Å². The first-order valence-electron chi connectivity index (χ1n) is 9.41. The van der Waals surface area contributed by atoms with E-state index in [1.807, 2.05) is 48.1 Å². The third-order valence-corrected chi connectivity index (χ3v) is 5.13. The molecule has 27 heavy (non-hydrogen) atoms. The minimum Gasteiger partial charge on any atom is -0.335 e. The predicted molar refractivity (Wildman–Crippen MR) is 99.7 cm³/mol. The van der Waals surface area contributed by atoms with Crippen LogP contribution in [0.1, 0.15) is 36.9 Å². The van der Waals surface area contributed by atoms with Gasteiger partial charge in [0, 0.05) is 37.0 Å². The van der Waals surface area contributed by atoms with Crippen molar-refractivity contribution in [2.24, 2.45) is 0 Å². The van der Waals surface area contributed by atoms with Crippen LogP contribution >= 0.6 is 0 Å². The van der Waals surface area contributed by atoms with Crippen LogP contribution in [0.3, 0.4) is 0 Å². The summed E-state index contributed by atoms with van der Waals surface area (Å²) < 4.78 is 22.9. The van der Waals surface area contributed by atoms with Crippen molar-refractivity contribution in [2.75, 3.05) is 13.1 Å². The van der Waals surface area contributed by atoms with Crippen LogP contribution in [-0.4, -0.2) is 37.9 Å². The van der Waals surface area contributed by atoms with Crippen molar-refractivity contribution in [2.45, 2.75) is 45.4 Å². The van der Waals surface area contributed by atoms with Crippen molar-refractivity contribution >= 4 is 0 Å². The van der Waals surface area contributed by atoms with E-state index >= 15 is 4.39 Å². The van der Waals surface area contributed by atoms with E-state index in [1.165, 1.54) is 0 Å². The number of hydrogen-bond acceptors (Lipinski definition) is 5. The topological polar surface area (TPSA) is 60.0 Å². The van der Waals surface area contributed by atoms with Gasteiger partial charge in [-0.05, 0) is 33.2 Å². The van der Waals surface area contributed by atoms with Gasteiger partial charge in [0.2, 0.25) is 11.5 Å². The normalized spacial score (nSPS) is 20.9. The number of rotatable bonds is 5. The van der Waals surface area contributed by atoms with Gasteiger partial charge in [0.1, 0.15) is 0 Å². The van der Waals surface area contributed by atoms with E-state index < -0.39 is 5.67 Å². The van der Waals surface area contributed by atoms with Gasteiger partial charge in [-0.2, -0.15) is 10.1 Å². The molecule has 2 aromatic heterocycles. The van der Waals surface area contributed by atoms with Gasteiger partial charge in [-0.3, -0.25) is 9.58 Å². The summed E-state index contributed by atoms with van der Waals surface area (Å²) in [6.45, 7) is 6.67. The quantitative estimate of drug-likeness (QED) is 0.686. The molecule has 4 rings (SSSR count). The van der Waals surface area contributed by atoms with Crippen molar-refractivity contribution in [1.82, 2.24) is 24.8 Å². The summed E-state index contributed by atoms with van der Waals surface area (Å²) in [6, 6.07) is 9.50. The number of nitrogens with zero attached hydrogens (tertiary/aromatic N) is 5. The van der Waals surface area contributed by atoms with Crippen LogP contribution in [0, 0.1) is 6.92 Å². The molecule has 3 aromatic rings. The lowest BCUT2D eigenvalue weighted by Gasteiger charge is -2.34. The first-order valence-corrected chi connectivity index (χ1v) is 9.41. The Labute approximate surface area is 158 Å². The number of likely N-dealkylation sites (tertiary alicyclic amines) is 1. The molecule has 3 heterocycles. The summed E-state index contributed by atoms with van der Waals surface area (Å²) in [7, 11) is 0. The van der Waals surface area contributed by atoms with Crippen LogP contribution in [0.25, 0.3) is 11.4 Å². The van der Waals surface area contributed by atoms with Gasteiger partial charge < -0.3 is 4.52 Å². The average Bonchev–Trinajstić information content (AvgIpc) is 3.31. The van der Waals surface area contributed by atoms with E-state index in [2.05, 4.69) is 27.1 Å². The molecular formula is C20H24FN5O. The van der Waals surface area contributed by atoms with Crippen LogP contribution in [-0.2, 0) is 18.8 Å². The second-order valence-electron chi connectivity index (χ2n) is 7.16. The van der Waals surface area contributed by atoms with Gasteiger partial charge in [-0.25, -0.2) is 4.39 Å². The second kappa shape index (κ2) is 7.23. The Balaban J connectivity index is 1.51. The van der Waals surface area contributed by atoms with Crippen LogP contribution in [0.15, 0.2) is 41.1 Å². The Morgan fingerprint density at radius 1 is 1.26 bits per heavy atom. The largest absolute Gasteiger partial charge is 0.335 e. The van der Waals surface area contributed by atoms with Gasteiger partial charge in [0.25, 0.3) is 5.89 Å². The summed E-state index contributed by atoms with van der Waals surface area (Å²) in [5.41, 5.74) is 1.34. The maximum atomic E-state index is 15.7. The first-order chi connectivity index (χ1) is 13.1. The Hall–Kier alpha value is -2.54. The summed E-state index contributed by atoms with van der Waals surface area (Å²) in [4.78, 5) is 6.47. The van der Waals surface area contributed by atoms with Gasteiger partial charge in [0.05, 0.1) is 5.69 Å². The number of halogens is 1. The van der Waals surface area contributed by atoms with E-state index in [4.69, 9.17) is 4.52 Å². The summed E-state index contributed by atoms with van der Waals surface area (Å²) in [5, 5.41) is 8.47. The third kappa shape index (κ3) is 3.64. The molecule has 7 heteroatoms. The summed E-state index contributed by atoms with van der Waals surface area (Å²) in [5.74, 6) is 0.506. The number of alkyl halides is 1. The van der Waals surface area contributed by atoms with Crippen LogP contribution in [0.2, 0.25) is 0 Å². The molecule has 1 aliphatic heterocycles. The zero-order valence-electron chi connectivity index (χ0n) is 15.7. The number of benzene rings is 1. The average molecular weight is 369 g/mol. The van der Waals surface area contributed by atoms with Crippen molar-refractivity contribution in [1.29, 1.82) is 0 Å². The van der Waals surface area contributed by atoms with E-state index in [1.54, 1.807) is 0 Å². The molecule has 142 valence electrons. The highest BCUT2D eigenvalue weighted by molar-refractivity contribution is 5.53. The smallest absolute Gasteiger partial charge is 0.265 e. The zero-order chi connectivity index (χ0) is 18.9. The highest BCUT2D eigenvalue weighted by Crippen LogP contribution is 2.36. The summed E-state index contributed by atoms with van der Waals surface area (Å²) >= 11 is 0. The molecule has 0 amide bonds. The lowest BCUT2D eigenvalue weighted by molar-refractivity contribution is 0.0123. The fourth-order valence-electron chi connectivity index (χ4n) is 3.63. The van der Waals surface area contributed by atoms with Gasteiger partial charge >= 0.3 is 0 Å². The molecule has 0 bridgehead atoms. The minimum absolute atomic E-state index is 0.0760. The molecule has 1 fully saturated rings. The molecule has 1 saturated heterocycles. The molecule has 1 aromatic carbocycles. The molecule has 1 unspecified atom stereocenters. The van der Waals surface area contributed by atoms with Crippen LogP contribution in [0.5, 0.6) is 0 Å². The monoisotopic (exact) mass is 369 g/mol. The maximum absolute atomic E-state index is 15.7. The maximum Gasteiger partial charge on any atom is 0.265 e. The van der Waals surface area contributed by atoms with Crippen molar-refractivity contribution in [3.05, 3.63) is 53.7 Å². The molecule has 0 N–H and O–H groups in total. The Bertz CT molecular complexity index is 906. The molecule has 0 radical (unpaired) electrons. The number of aromatic nitrogens is 4. The highest BCUT2D eigenvalue weighted by atomic mass is 19.1. The van der Waals surface area contributed by atoms with Crippen molar-refractivity contribution in [3.63, 3.8) is 0 Å². The van der Waals surface area contributed by atoms with Gasteiger partial charge in [-0.1, -0.05) is 35.5 Å². The van der Waals surface area contributed by atoms with E-state index in [0.29, 0.717) is 18.8 Å². The van der Waals surface area contributed by atoms with Crippen LogP contribution < -0.4 is 0 Å². The summed E-state index contributed by atoms with van der Waals surface area (Å²) in [6.07, 6.45) is 3.19. The number of aryl methyl sites for hydroxylation is 2. The molecule has 1 atom stereocenters. The molecule has 0 saturated carbocycles. The van der Waals surface area contributed by atoms with Crippen LogP contribution in [0.4, 0.5) is 4.39 Å². The molecule has 6 nitrogen and oxygen atoms in total. The SMILES string of the molecule is CCn1cc(CN2CCCC(F)(c3nc(-c4ccccc4)no3)C2)c(C)n1. The molecular weight excluding hydrogens is 345 g/mol. The fourth-order valence-corrected chi connectivity index (χ4v) is 3.63. The Kier molecular flexibility index (Phi) is 4.78. The van der Waals surface area contributed by atoms with E-state index in [-0.39, 0.29) is 12.4 Å². The van der Waals surface area contributed by atoms with Crippen molar-refractivity contribution in [3.8, 4) is 11.4 Å². The molecule has 1 aliphatic rings. The molecule has 0 spiro atoms. The zero-order valence-corrected chi connectivity index (χ0v) is 15.7. The third-order valence-electron chi connectivity index (χ3n) is 5.13. The Morgan fingerprint density at radius 2 is 2.07 bits per heavy atom. The van der Waals surface area contributed by atoms with E-state index in [0.717, 1.165) is 36.3 Å². The fraction of sp³-hybridized carbons (Fsp3) is 0.450. The Morgan fingerprint density at radius 3 is 2.81 bits per heavy atom. The lowest BCUT2D eigenvalue weighted by Crippen LogP contribution is -2.43. The van der Waals surface area contributed by atoms with Crippen molar-refractivity contribution < 1.29 is 8.91 Å². The minimum atomic E-state index is -1.62. The highest BCUT2D eigenvalue weighted by Gasteiger charge is 2.42. The number of hydrogen-bond donors (Lipinski definition) is 0. The van der Waals surface area contributed by atoms with Gasteiger partial charge in [0.15, 0.2) is 0 Å². The first kappa shape index (κ1) is 17.9. The predicted octanol–water partition coefficient (Wildman–Crippen LogP) is 3.72.